The molecule has 1 aromatic carbocycles. The van der Waals surface area contributed by atoms with E-state index in [9.17, 15) is 13.2 Å². The first-order chi connectivity index (χ1) is 13.0. The van der Waals surface area contributed by atoms with Crippen LogP contribution in [0.2, 0.25) is 0 Å². The number of fused-ring (bicyclic) bond motifs is 2. The molecule has 5 rings (SSSR count). The molecule has 3 aliphatic heterocycles. The predicted octanol–water partition coefficient (Wildman–Crippen LogP) is 1.26. The first-order valence-electron chi connectivity index (χ1n) is 9.20. The number of carbonyl (C=O) groups is 1. The summed E-state index contributed by atoms with van der Waals surface area (Å²) in [6.07, 6.45) is 2.48. The zero-order valence-corrected chi connectivity index (χ0v) is 15.6. The van der Waals surface area contributed by atoms with E-state index in [0.29, 0.717) is 56.5 Å². The second-order valence-corrected chi connectivity index (χ2v) is 8.99. The van der Waals surface area contributed by atoms with Crippen molar-refractivity contribution in [3.05, 3.63) is 35.5 Å². The van der Waals surface area contributed by atoms with Gasteiger partial charge in [0.25, 0.3) is 5.91 Å². The summed E-state index contributed by atoms with van der Waals surface area (Å²) in [6.45, 7) is 2.84. The van der Waals surface area contributed by atoms with Crippen molar-refractivity contribution in [2.45, 2.75) is 30.7 Å². The molecule has 142 valence electrons. The lowest BCUT2D eigenvalue weighted by Gasteiger charge is -2.19. The third-order valence-electron chi connectivity index (χ3n) is 5.42. The first-order valence-corrected chi connectivity index (χ1v) is 10.6. The number of rotatable bonds is 3. The number of carbonyl (C=O) groups excluding carboxylic acids is 1. The third-order valence-corrected chi connectivity index (χ3v) is 7.31. The van der Waals surface area contributed by atoms with Crippen LogP contribution in [-0.4, -0.2) is 54.7 Å². The minimum atomic E-state index is -3.52. The number of nitrogens with zero attached hydrogens (tertiary/aromatic N) is 4. The van der Waals surface area contributed by atoms with E-state index in [1.54, 1.807) is 27.8 Å². The molecule has 1 amide bonds. The van der Waals surface area contributed by atoms with E-state index in [2.05, 4.69) is 5.10 Å². The van der Waals surface area contributed by atoms with Gasteiger partial charge in [-0.3, -0.25) is 4.79 Å². The predicted molar refractivity (Wildman–Crippen MR) is 97.5 cm³/mol. The molecule has 0 aliphatic carbocycles. The fourth-order valence-corrected chi connectivity index (χ4v) is 5.50. The van der Waals surface area contributed by atoms with Crippen LogP contribution >= 0.6 is 0 Å². The summed E-state index contributed by atoms with van der Waals surface area (Å²) in [6, 6.07) is 6.76. The Bertz CT molecular complexity index is 1000. The Morgan fingerprint density at radius 3 is 2.67 bits per heavy atom. The molecule has 3 aliphatic rings. The summed E-state index contributed by atoms with van der Waals surface area (Å²) in [5, 5.41) is 4.32. The zero-order chi connectivity index (χ0) is 18.6. The summed E-state index contributed by atoms with van der Waals surface area (Å²) >= 11 is 0. The highest BCUT2D eigenvalue weighted by molar-refractivity contribution is 7.89. The van der Waals surface area contributed by atoms with Gasteiger partial charge in [-0.1, -0.05) is 6.07 Å². The van der Waals surface area contributed by atoms with Crippen LogP contribution in [0.5, 0.6) is 5.88 Å². The molecule has 4 heterocycles. The summed E-state index contributed by atoms with van der Waals surface area (Å²) in [7, 11) is -3.52. The first kappa shape index (κ1) is 16.8. The maximum absolute atomic E-state index is 13.0. The summed E-state index contributed by atoms with van der Waals surface area (Å²) in [5.74, 6) is 0.373. The van der Waals surface area contributed by atoms with Crippen molar-refractivity contribution in [2.24, 2.45) is 0 Å². The highest BCUT2D eigenvalue weighted by atomic mass is 32.2. The number of aromatic nitrogens is 2. The molecule has 0 unspecified atom stereocenters. The second-order valence-electron chi connectivity index (χ2n) is 7.05. The molecule has 1 aromatic heterocycles. The number of hydrogen-bond donors (Lipinski definition) is 0. The van der Waals surface area contributed by atoms with Crippen molar-refractivity contribution in [2.75, 3.05) is 31.1 Å². The lowest BCUT2D eigenvalue weighted by Crippen LogP contribution is -2.30. The normalized spacial score (nSPS) is 19.2. The quantitative estimate of drug-likeness (QED) is 0.790. The van der Waals surface area contributed by atoms with Gasteiger partial charge in [0.1, 0.15) is 6.61 Å². The Balaban J connectivity index is 1.47. The van der Waals surface area contributed by atoms with Crippen molar-refractivity contribution >= 4 is 21.6 Å². The van der Waals surface area contributed by atoms with Crippen LogP contribution < -0.4 is 9.64 Å². The lowest BCUT2D eigenvalue weighted by atomic mass is 10.2. The van der Waals surface area contributed by atoms with Crippen LogP contribution in [0.3, 0.4) is 0 Å². The van der Waals surface area contributed by atoms with E-state index in [4.69, 9.17) is 4.74 Å². The molecule has 9 heteroatoms. The molecular weight excluding hydrogens is 368 g/mol. The Labute approximate surface area is 157 Å². The van der Waals surface area contributed by atoms with Gasteiger partial charge in [0.2, 0.25) is 15.9 Å². The fraction of sp³-hybridized carbons (Fsp3) is 0.444. The molecule has 0 N–H and O–H groups in total. The van der Waals surface area contributed by atoms with E-state index in [1.165, 1.54) is 4.31 Å². The van der Waals surface area contributed by atoms with Gasteiger partial charge in [-0.15, -0.1) is 0 Å². The van der Waals surface area contributed by atoms with Crippen LogP contribution in [0.4, 0.5) is 5.69 Å². The van der Waals surface area contributed by atoms with Crippen molar-refractivity contribution < 1.29 is 17.9 Å². The summed E-state index contributed by atoms with van der Waals surface area (Å²) < 4.78 is 34.4. The Hall–Kier alpha value is -2.39. The molecule has 1 saturated heterocycles. The molecule has 1 fully saturated rings. The van der Waals surface area contributed by atoms with Crippen molar-refractivity contribution in [3.8, 4) is 5.88 Å². The number of hydrogen-bond acceptors (Lipinski definition) is 5. The van der Waals surface area contributed by atoms with Crippen LogP contribution in [-0.2, 0) is 23.0 Å². The van der Waals surface area contributed by atoms with E-state index < -0.39 is 10.0 Å². The Kier molecular flexibility index (Phi) is 3.76. The molecule has 0 atom stereocenters. The van der Waals surface area contributed by atoms with Crippen LogP contribution in [0.1, 0.15) is 28.9 Å². The van der Waals surface area contributed by atoms with Crippen LogP contribution in [0, 0.1) is 0 Å². The highest BCUT2D eigenvalue weighted by Crippen LogP contribution is 2.33. The molecule has 2 aromatic rings. The van der Waals surface area contributed by atoms with Crippen molar-refractivity contribution in [3.63, 3.8) is 0 Å². The molecule has 8 nitrogen and oxygen atoms in total. The number of sulfonamides is 1. The van der Waals surface area contributed by atoms with Crippen molar-refractivity contribution in [1.29, 1.82) is 0 Å². The van der Waals surface area contributed by atoms with Crippen LogP contribution in [0.15, 0.2) is 29.2 Å². The Morgan fingerprint density at radius 1 is 1.07 bits per heavy atom. The zero-order valence-electron chi connectivity index (χ0n) is 14.8. The fourth-order valence-electron chi connectivity index (χ4n) is 3.96. The Morgan fingerprint density at radius 2 is 1.89 bits per heavy atom. The number of ether oxygens (including phenoxy) is 1. The monoisotopic (exact) mass is 388 g/mol. The van der Waals surface area contributed by atoms with E-state index in [0.717, 1.165) is 18.4 Å². The van der Waals surface area contributed by atoms with Crippen LogP contribution in [0.25, 0.3) is 0 Å². The van der Waals surface area contributed by atoms with Gasteiger partial charge < -0.3 is 9.64 Å². The topological polar surface area (TPSA) is 84.7 Å². The van der Waals surface area contributed by atoms with E-state index >= 15 is 0 Å². The van der Waals surface area contributed by atoms with Gasteiger partial charge >= 0.3 is 0 Å². The molecule has 27 heavy (non-hydrogen) atoms. The standard InChI is InChI=1S/C18H20N4O4S/c23-18(15-12-17-22(19-15)9-10-26-17)21-8-5-13-3-4-14(11-16(13)21)27(24,25)20-6-1-2-7-20/h3-4,11-12H,1-2,5-10H2. The third kappa shape index (κ3) is 2.64. The smallest absolute Gasteiger partial charge is 0.278 e. The highest BCUT2D eigenvalue weighted by Gasteiger charge is 2.32. The molecule has 0 radical (unpaired) electrons. The van der Waals surface area contributed by atoms with Gasteiger partial charge in [-0.05, 0) is 37.0 Å². The molecule has 0 bridgehead atoms. The van der Waals surface area contributed by atoms with Gasteiger partial charge in [0.15, 0.2) is 5.69 Å². The molecule has 0 spiro atoms. The number of benzene rings is 1. The average molecular weight is 388 g/mol. The number of amides is 1. The second kappa shape index (κ2) is 6.07. The SMILES string of the molecule is O=C(c1cc2n(n1)CCO2)N1CCc2ccc(S(=O)(=O)N3CCCC3)cc21. The maximum atomic E-state index is 13.0. The largest absolute Gasteiger partial charge is 0.476 e. The van der Waals surface area contributed by atoms with Gasteiger partial charge in [-0.25, -0.2) is 13.1 Å². The van der Waals surface area contributed by atoms with Crippen molar-refractivity contribution in [1.82, 2.24) is 14.1 Å². The summed E-state index contributed by atoms with van der Waals surface area (Å²) in [5.41, 5.74) is 1.96. The van der Waals surface area contributed by atoms with Gasteiger partial charge in [0.05, 0.1) is 11.4 Å². The summed E-state index contributed by atoms with van der Waals surface area (Å²) in [4.78, 5) is 14.8. The van der Waals surface area contributed by atoms with E-state index in [-0.39, 0.29) is 10.8 Å². The van der Waals surface area contributed by atoms with Gasteiger partial charge in [-0.2, -0.15) is 9.40 Å². The minimum Gasteiger partial charge on any atom is -0.476 e. The average Bonchev–Trinajstić information content (AvgIpc) is 3.43. The maximum Gasteiger partial charge on any atom is 0.278 e. The molecular formula is C18H20N4O4S. The number of anilines is 1. The van der Waals surface area contributed by atoms with Gasteiger partial charge in [0, 0.05) is 31.4 Å². The molecule has 0 saturated carbocycles. The lowest BCUT2D eigenvalue weighted by molar-refractivity contribution is 0.0983. The minimum absolute atomic E-state index is 0.227. The van der Waals surface area contributed by atoms with E-state index in [1.807, 2.05) is 6.07 Å².